The van der Waals surface area contributed by atoms with Crippen molar-refractivity contribution in [3.63, 3.8) is 0 Å². The summed E-state index contributed by atoms with van der Waals surface area (Å²) in [5, 5.41) is 6.10. The molecule has 1 aliphatic rings. The van der Waals surface area contributed by atoms with Gasteiger partial charge >= 0.3 is 118 Å². The number of hydrogen-bond acceptors (Lipinski definition) is 17. The van der Waals surface area contributed by atoms with E-state index in [1.807, 2.05) is 48.5 Å². The molecule has 0 aliphatic carbocycles. The van der Waals surface area contributed by atoms with Gasteiger partial charge in [-0.2, -0.15) is 0 Å². The molecule has 0 atom stereocenters. The van der Waals surface area contributed by atoms with Crippen molar-refractivity contribution in [1.82, 2.24) is 0 Å². The monoisotopic (exact) mass is 1630 g/mol. The van der Waals surface area contributed by atoms with Crippen LogP contribution in [0.1, 0.15) is 126 Å². The van der Waals surface area contributed by atoms with Crippen molar-refractivity contribution in [3.05, 3.63) is 263 Å². The molecule has 1 heterocycles. The predicted molar refractivity (Wildman–Crippen MR) is 413 cm³/mol. The van der Waals surface area contributed by atoms with Crippen LogP contribution in [0.5, 0.6) is 34.5 Å². The second-order valence-corrected chi connectivity index (χ2v) is 38.7. The van der Waals surface area contributed by atoms with Crippen molar-refractivity contribution >= 4 is 88.1 Å². The SMILES string of the molecule is CC(C)(C)c1cc(P(c2ccc(OCCCc3ccc(S(=O)(=O)[O-])cc3)cc2)c2ccc(OCCCc3ccc(S(=O)(=O)[O-])cc3)cc2)c2c(c1)C(C)(C)c1cc(C(C)(C)C)cc(P(c3ccc(OCCCc4ccc(S(=O)(=O)[O-])cc4)cc3)c3ccc(OCCCc4ccc(S(=O)(=O)[O-])cc4)cc3)c1O2.[Na+].[Na+].[Na+].[Na+]. The fourth-order valence-corrected chi connectivity index (χ4v) is 19.2. The molecular formula is C83H84Na4O17P2S4. The molecule has 110 heavy (non-hydrogen) atoms. The summed E-state index contributed by atoms with van der Waals surface area (Å²) in [4.78, 5) is -1.10. The first-order chi connectivity index (χ1) is 50.1. The molecule has 11 rings (SSSR count). The molecule has 17 nitrogen and oxygen atoms in total. The van der Waals surface area contributed by atoms with Crippen molar-refractivity contribution in [3.8, 4) is 34.5 Å². The maximum atomic E-state index is 11.6. The summed E-state index contributed by atoms with van der Waals surface area (Å²) < 4.78 is 172. The van der Waals surface area contributed by atoms with Crippen molar-refractivity contribution < 1.29 is 194 Å². The zero-order valence-corrected chi connectivity index (χ0v) is 77.3. The molecule has 10 aromatic rings. The van der Waals surface area contributed by atoms with Crippen LogP contribution in [0.4, 0.5) is 0 Å². The number of aryl methyl sites for hydroxylation is 4. The Morgan fingerprint density at radius 2 is 0.536 bits per heavy atom. The average molecular weight is 1640 g/mol. The van der Waals surface area contributed by atoms with E-state index in [0.717, 1.165) is 87.8 Å². The Bertz CT molecular complexity index is 4650. The minimum absolute atomic E-state index is 0. The number of fused-ring (bicyclic) bond motifs is 2. The first-order valence-corrected chi connectivity index (χ1v) is 43.1. The molecule has 0 saturated carbocycles. The largest absolute Gasteiger partial charge is 1.00 e. The first kappa shape index (κ1) is 92.9. The van der Waals surface area contributed by atoms with Crippen LogP contribution in [-0.2, 0) is 82.4 Å². The number of benzene rings is 10. The van der Waals surface area contributed by atoms with Crippen LogP contribution in [0.25, 0.3) is 0 Å². The summed E-state index contributed by atoms with van der Waals surface area (Å²) in [5.41, 5.74) is 6.52. The van der Waals surface area contributed by atoms with Crippen molar-refractivity contribution in [2.45, 2.75) is 143 Å². The molecule has 556 valence electrons. The van der Waals surface area contributed by atoms with Crippen LogP contribution in [-0.4, -0.2) is 78.3 Å². The van der Waals surface area contributed by atoms with E-state index in [9.17, 15) is 51.9 Å². The number of rotatable bonds is 30. The van der Waals surface area contributed by atoms with Crippen LogP contribution >= 0.6 is 15.8 Å². The number of ether oxygens (including phenoxy) is 5. The minimum atomic E-state index is -4.57. The van der Waals surface area contributed by atoms with Crippen molar-refractivity contribution in [1.29, 1.82) is 0 Å². The Hall–Kier alpha value is -4.30. The van der Waals surface area contributed by atoms with Crippen LogP contribution in [0.15, 0.2) is 238 Å². The quantitative estimate of drug-likeness (QED) is 0.0269. The zero-order valence-electron chi connectivity index (χ0n) is 64.2. The van der Waals surface area contributed by atoms with Crippen LogP contribution in [0.2, 0.25) is 0 Å². The average Bonchev–Trinajstić information content (AvgIpc) is 0.711. The van der Waals surface area contributed by atoms with E-state index in [4.69, 9.17) is 23.7 Å². The summed E-state index contributed by atoms with van der Waals surface area (Å²) >= 11 is 0. The topological polar surface area (TPSA) is 275 Å². The van der Waals surface area contributed by atoms with Gasteiger partial charge in [0.1, 0.15) is 75.0 Å². The van der Waals surface area contributed by atoms with E-state index in [1.54, 1.807) is 48.5 Å². The molecule has 0 bridgehead atoms. The molecule has 0 aromatic heterocycles. The zero-order chi connectivity index (χ0) is 76.0. The van der Waals surface area contributed by atoms with Gasteiger partial charge in [0.05, 0.1) is 46.0 Å². The van der Waals surface area contributed by atoms with Gasteiger partial charge in [0.2, 0.25) is 0 Å². The Kier molecular flexibility index (Phi) is 33.4. The molecule has 0 unspecified atom stereocenters. The van der Waals surface area contributed by atoms with Gasteiger partial charge in [0, 0.05) is 27.2 Å². The fraction of sp³-hybridized carbons (Fsp3) is 0.277. The Labute approximate surface area is 739 Å². The van der Waals surface area contributed by atoms with Crippen molar-refractivity contribution in [2.75, 3.05) is 26.4 Å². The van der Waals surface area contributed by atoms with Gasteiger partial charge in [-0.25, -0.2) is 33.7 Å². The first-order valence-electron chi connectivity index (χ1n) is 34.8. The molecule has 0 fully saturated rings. The Morgan fingerprint density at radius 1 is 0.327 bits per heavy atom. The van der Waals surface area contributed by atoms with Gasteiger partial charge in [0.15, 0.2) is 0 Å². The maximum Gasteiger partial charge on any atom is 1.00 e. The van der Waals surface area contributed by atoms with Crippen LogP contribution in [0.3, 0.4) is 0 Å². The van der Waals surface area contributed by atoms with E-state index >= 15 is 0 Å². The van der Waals surface area contributed by atoms with E-state index in [-0.39, 0.29) is 149 Å². The normalized spacial score (nSPS) is 12.7. The van der Waals surface area contributed by atoms with Crippen LogP contribution in [0, 0.1) is 0 Å². The maximum absolute atomic E-state index is 11.6. The smallest absolute Gasteiger partial charge is 0.744 e. The Balaban J connectivity index is 0.00000420. The van der Waals surface area contributed by atoms with Crippen molar-refractivity contribution in [2.24, 2.45) is 0 Å². The summed E-state index contributed by atoms with van der Waals surface area (Å²) in [6.45, 7) is 19.4. The van der Waals surface area contributed by atoms with E-state index < -0.39 is 61.7 Å². The van der Waals surface area contributed by atoms with E-state index in [0.29, 0.717) is 101 Å². The summed E-state index contributed by atoms with van der Waals surface area (Å²) in [6.07, 6.45) is 4.91. The second kappa shape index (κ2) is 39.6. The van der Waals surface area contributed by atoms with E-state index in [1.165, 1.54) is 48.5 Å². The second-order valence-electron chi connectivity index (χ2n) is 28.8. The van der Waals surface area contributed by atoms with Crippen LogP contribution < -0.4 is 174 Å². The molecule has 0 saturated heterocycles. The Morgan fingerprint density at radius 3 is 0.727 bits per heavy atom. The fourth-order valence-electron chi connectivity index (χ4n) is 12.6. The third-order valence-electron chi connectivity index (χ3n) is 18.6. The summed E-state index contributed by atoms with van der Waals surface area (Å²) in [5.74, 6) is 4.16. The summed E-state index contributed by atoms with van der Waals surface area (Å²) in [6, 6.07) is 65.9. The molecule has 1 aliphatic heterocycles. The van der Waals surface area contributed by atoms with Gasteiger partial charge in [0.25, 0.3) is 0 Å². The van der Waals surface area contributed by atoms with E-state index in [2.05, 4.69) is 128 Å². The molecule has 0 amide bonds. The third-order valence-corrected chi connectivity index (χ3v) is 26.9. The molecule has 27 heteroatoms. The molecule has 0 spiro atoms. The van der Waals surface area contributed by atoms with Gasteiger partial charge in [-0.15, -0.1) is 0 Å². The molecule has 0 N–H and O–H groups in total. The number of hydrogen-bond donors (Lipinski definition) is 0. The molecule has 10 aromatic carbocycles. The summed E-state index contributed by atoms with van der Waals surface area (Å²) in [7, 11) is -21.2. The van der Waals surface area contributed by atoms with Gasteiger partial charge < -0.3 is 41.9 Å². The van der Waals surface area contributed by atoms with Gasteiger partial charge in [-0.1, -0.05) is 165 Å². The van der Waals surface area contributed by atoms with Gasteiger partial charge in [-0.3, -0.25) is 0 Å². The minimum Gasteiger partial charge on any atom is -0.744 e. The third kappa shape index (κ3) is 24.4. The molecular weight excluding hydrogens is 1550 g/mol. The predicted octanol–water partition coefficient (Wildman–Crippen LogP) is 1.91. The van der Waals surface area contributed by atoms with Gasteiger partial charge in [-0.05, 0) is 242 Å². The molecule has 0 radical (unpaired) electrons. The standard InChI is InChI=1S/C83H88O17P2S4.4Na/c1-81(2,3)61-53-75-79(77(55-61)101(67-33-25-63(26-34-67)96-49-9-13-57-17-41-71(42-18-57)103(84,85)86)68-35-27-64(28-36-68)97-50-10-14-58-19-43-72(44-20-58)104(87,88)89)100-80-76(83(75,7)8)54-62(82(4,5)6)56-78(80)102(69-37-29-65(30-38-69)98-51-11-15-59-21-45-73(46-22-59)105(90,91)92)70-39-31-66(32-40-70)99-52-12-16-60-23-47-74(48-24-60)106(93,94)95;;;;/h17-48,53-56H,9-16,49-52H2,1-8H3,(H,84,85,86)(H,87,88,89)(H,90,91,92)(H,93,94,95);;;;/q;4*+1/p-4.